The highest BCUT2D eigenvalue weighted by atomic mass is 32.1. The van der Waals surface area contributed by atoms with Crippen LogP contribution < -0.4 is 10.1 Å². The first-order chi connectivity index (χ1) is 15.9. The molecule has 2 aliphatic rings. The summed E-state index contributed by atoms with van der Waals surface area (Å²) < 4.78 is 5.78. The Bertz CT molecular complexity index is 921. The number of amides is 1. The van der Waals surface area contributed by atoms with Gasteiger partial charge in [0.2, 0.25) is 11.8 Å². The molecule has 7 heteroatoms. The summed E-state index contributed by atoms with van der Waals surface area (Å²) in [5, 5.41) is 4.27. The van der Waals surface area contributed by atoms with Crippen molar-refractivity contribution in [2.24, 2.45) is 5.92 Å². The van der Waals surface area contributed by atoms with Gasteiger partial charge >= 0.3 is 0 Å². The lowest BCUT2D eigenvalue weighted by Crippen LogP contribution is -2.38. The Morgan fingerprint density at radius 1 is 1.21 bits per heavy atom. The van der Waals surface area contributed by atoms with Crippen molar-refractivity contribution < 1.29 is 9.53 Å². The van der Waals surface area contributed by atoms with Crippen LogP contribution in [0.4, 0.5) is 0 Å². The molecule has 0 aromatic carbocycles. The maximum atomic E-state index is 12.4. The summed E-state index contributed by atoms with van der Waals surface area (Å²) in [7, 11) is 0. The molecule has 0 spiro atoms. The van der Waals surface area contributed by atoms with Gasteiger partial charge in [-0.15, -0.1) is 11.3 Å². The lowest BCUT2D eigenvalue weighted by atomic mass is 9.84. The van der Waals surface area contributed by atoms with Crippen molar-refractivity contribution in [3.8, 4) is 5.88 Å². The predicted octanol–water partition coefficient (Wildman–Crippen LogP) is 4.34. The van der Waals surface area contributed by atoms with Crippen LogP contribution in [0.3, 0.4) is 0 Å². The predicted molar refractivity (Wildman–Crippen MR) is 133 cm³/mol. The summed E-state index contributed by atoms with van der Waals surface area (Å²) >= 11 is 1.61. The van der Waals surface area contributed by atoms with E-state index >= 15 is 0 Å². The molecule has 4 rings (SSSR count). The summed E-state index contributed by atoms with van der Waals surface area (Å²) in [5.74, 6) is 1.67. The number of ether oxygens (including phenoxy) is 1. The summed E-state index contributed by atoms with van der Waals surface area (Å²) in [5.41, 5.74) is 2.58. The minimum atomic E-state index is 0.141. The number of fused-ring (bicyclic) bond motifs is 1. The lowest BCUT2D eigenvalue weighted by molar-refractivity contribution is -0.121. The zero-order valence-electron chi connectivity index (χ0n) is 20.3. The first-order valence-electron chi connectivity index (χ1n) is 12.5. The van der Waals surface area contributed by atoms with Crippen molar-refractivity contribution in [1.29, 1.82) is 0 Å². The van der Waals surface area contributed by atoms with Crippen molar-refractivity contribution in [2.45, 2.75) is 84.3 Å². The van der Waals surface area contributed by atoms with Crippen LogP contribution in [0, 0.1) is 12.8 Å². The van der Waals surface area contributed by atoms with Gasteiger partial charge in [-0.3, -0.25) is 4.79 Å². The molecule has 1 fully saturated rings. The second-order valence-corrected chi connectivity index (χ2v) is 11.2. The Morgan fingerprint density at radius 2 is 2.00 bits per heavy atom. The van der Waals surface area contributed by atoms with Gasteiger partial charge < -0.3 is 15.0 Å². The zero-order valence-corrected chi connectivity index (χ0v) is 21.1. The van der Waals surface area contributed by atoms with Crippen molar-refractivity contribution in [1.82, 2.24) is 20.2 Å². The van der Waals surface area contributed by atoms with Crippen molar-refractivity contribution in [3.63, 3.8) is 0 Å². The van der Waals surface area contributed by atoms with E-state index in [4.69, 9.17) is 9.72 Å². The van der Waals surface area contributed by atoms with Gasteiger partial charge in [-0.2, -0.15) is 0 Å². The molecule has 0 unspecified atom stereocenters. The monoisotopic (exact) mass is 470 g/mol. The van der Waals surface area contributed by atoms with Crippen LogP contribution >= 0.6 is 11.3 Å². The third-order valence-electron chi connectivity index (χ3n) is 6.83. The fourth-order valence-electron chi connectivity index (χ4n) is 5.02. The number of carbonyl (C=O) groups is 1. The Morgan fingerprint density at radius 3 is 2.73 bits per heavy atom. The number of aromatic nitrogens is 2. The van der Waals surface area contributed by atoms with Crippen LogP contribution in [-0.4, -0.2) is 52.6 Å². The van der Waals surface area contributed by atoms with E-state index in [0.29, 0.717) is 12.5 Å². The highest BCUT2D eigenvalue weighted by Crippen LogP contribution is 2.28. The molecule has 0 atom stereocenters. The maximum Gasteiger partial charge on any atom is 0.225 e. The topological polar surface area (TPSA) is 67.4 Å². The van der Waals surface area contributed by atoms with Crippen molar-refractivity contribution in [2.75, 3.05) is 19.6 Å². The minimum Gasteiger partial charge on any atom is -0.475 e. The van der Waals surface area contributed by atoms with Gasteiger partial charge in [0.25, 0.3) is 0 Å². The third-order valence-corrected chi connectivity index (χ3v) is 7.74. The van der Waals surface area contributed by atoms with Gasteiger partial charge in [0.1, 0.15) is 0 Å². The number of hydrogen-bond donors (Lipinski definition) is 1. The SMILES string of the molecule is Cc1ncc(CC(=O)N[C@H]2CC[C@H](CCN3CCc4ccc(OC(C)C)nc4CC3)CC2)s1. The number of thiazole rings is 1. The summed E-state index contributed by atoms with van der Waals surface area (Å²) in [6, 6.07) is 4.56. The normalized spacial score (nSPS) is 21.5. The maximum absolute atomic E-state index is 12.4. The first-order valence-corrected chi connectivity index (χ1v) is 13.3. The Balaban J connectivity index is 1.16. The molecule has 1 amide bonds. The van der Waals surface area contributed by atoms with Crippen molar-refractivity contribution in [3.05, 3.63) is 39.5 Å². The smallest absolute Gasteiger partial charge is 0.225 e. The molecule has 6 nitrogen and oxygen atoms in total. The Kier molecular flexibility index (Phi) is 8.36. The van der Waals surface area contributed by atoms with Gasteiger partial charge in [0.05, 0.1) is 17.5 Å². The molecule has 0 radical (unpaired) electrons. The van der Waals surface area contributed by atoms with E-state index in [0.717, 1.165) is 67.0 Å². The van der Waals surface area contributed by atoms with Crippen LogP contribution in [-0.2, 0) is 24.1 Å². The molecule has 180 valence electrons. The van der Waals surface area contributed by atoms with E-state index in [-0.39, 0.29) is 12.0 Å². The summed E-state index contributed by atoms with van der Waals surface area (Å²) in [6.45, 7) is 9.42. The van der Waals surface area contributed by atoms with Gasteiger partial charge in [0, 0.05) is 48.4 Å². The van der Waals surface area contributed by atoms with Crippen molar-refractivity contribution >= 4 is 17.2 Å². The van der Waals surface area contributed by atoms with Gasteiger partial charge in [-0.25, -0.2) is 9.97 Å². The largest absolute Gasteiger partial charge is 0.475 e. The van der Waals surface area contributed by atoms with E-state index in [1.807, 2.05) is 33.0 Å². The van der Waals surface area contributed by atoms with Crippen LogP contribution in [0.1, 0.15) is 67.1 Å². The highest BCUT2D eigenvalue weighted by Gasteiger charge is 2.24. The average Bonchev–Trinajstić information content (AvgIpc) is 3.07. The summed E-state index contributed by atoms with van der Waals surface area (Å²) in [4.78, 5) is 25.0. The molecular weight excluding hydrogens is 432 g/mol. The number of carbonyl (C=O) groups excluding carboxylic acids is 1. The van der Waals surface area contributed by atoms with Crippen LogP contribution in [0.2, 0.25) is 0 Å². The van der Waals surface area contributed by atoms with Crippen LogP contribution in [0.5, 0.6) is 5.88 Å². The molecule has 2 aromatic heterocycles. The standard InChI is InChI=1S/C26H38N4O2S/c1-18(2)32-26-9-6-21-11-14-30(15-12-24(21)29-26)13-10-20-4-7-22(8-5-20)28-25(31)16-23-17-27-19(3)33-23/h6,9,17-18,20,22H,4-5,7-8,10-16H2,1-3H3,(H,28,31)/t20-,22-. The number of nitrogens with zero attached hydrogens (tertiary/aromatic N) is 3. The lowest BCUT2D eigenvalue weighted by Gasteiger charge is -2.30. The van der Waals surface area contributed by atoms with Crippen LogP contribution in [0.15, 0.2) is 18.3 Å². The fraction of sp³-hybridized carbons (Fsp3) is 0.654. The molecule has 0 bridgehead atoms. The Hall–Kier alpha value is -1.99. The number of pyridine rings is 1. The molecule has 2 aromatic rings. The molecular formula is C26H38N4O2S. The van der Waals surface area contributed by atoms with E-state index in [1.165, 1.54) is 30.5 Å². The minimum absolute atomic E-state index is 0.141. The number of rotatable bonds is 8. The molecule has 1 saturated carbocycles. The van der Waals surface area contributed by atoms with E-state index in [2.05, 4.69) is 21.3 Å². The van der Waals surface area contributed by atoms with E-state index in [1.54, 1.807) is 11.3 Å². The average molecular weight is 471 g/mol. The number of nitrogens with one attached hydrogen (secondary N) is 1. The quantitative estimate of drug-likeness (QED) is 0.622. The molecule has 0 saturated heterocycles. The Labute approximate surface area is 202 Å². The van der Waals surface area contributed by atoms with Crippen LogP contribution in [0.25, 0.3) is 0 Å². The number of aryl methyl sites for hydroxylation is 1. The van der Waals surface area contributed by atoms with Gasteiger partial charge in [-0.05, 0) is 77.3 Å². The first kappa shape index (κ1) is 24.1. The zero-order chi connectivity index (χ0) is 23.2. The third kappa shape index (κ3) is 7.24. The fourth-order valence-corrected chi connectivity index (χ4v) is 5.82. The van der Waals surface area contributed by atoms with Gasteiger partial charge in [0.15, 0.2) is 0 Å². The van der Waals surface area contributed by atoms with Gasteiger partial charge in [-0.1, -0.05) is 6.07 Å². The highest BCUT2D eigenvalue weighted by molar-refractivity contribution is 7.11. The van der Waals surface area contributed by atoms with E-state index in [9.17, 15) is 4.79 Å². The molecule has 3 heterocycles. The molecule has 1 aliphatic heterocycles. The second kappa shape index (κ2) is 11.4. The summed E-state index contributed by atoms with van der Waals surface area (Å²) in [6.07, 6.45) is 10.4. The second-order valence-electron chi connectivity index (χ2n) is 9.86. The molecule has 1 N–H and O–H groups in total. The molecule has 33 heavy (non-hydrogen) atoms. The van der Waals surface area contributed by atoms with E-state index < -0.39 is 0 Å². The number of hydrogen-bond acceptors (Lipinski definition) is 6. The molecule has 1 aliphatic carbocycles.